The van der Waals surface area contributed by atoms with Gasteiger partial charge in [-0.1, -0.05) is 32.0 Å². The number of carbonyl (C=O) groups excluding carboxylic acids is 1. The smallest absolute Gasteiger partial charge is 0.250 e. The van der Waals surface area contributed by atoms with Crippen molar-refractivity contribution in [2.24, 2.45) is 5.73 Å². The number of benzene rings is 2. The second kappa shape index (κ2) is 10.1. The zero-order chi connectivity index (χ0) is 27.1. The zero-order valence-corrected chi connectivity index (χ0v) is 22.6. The molecule has 0 aliphatic carbocycles. The van der Waals surface area contributed by atoms with Gasteiger partial charge in [0.1, 0.15) is 0 Å². The molecule has 0 spiro atoms. The van der Waals surface area contributed by atoms with E-state index in [0.29, 0.717) is 5.56 Å². The number of pyridine rings is 2. The highest BCUT2D eigenvalue weighted by Crippen LogP contribution is 2.35. The molecule has 5 aromatic rings. The predicted molar refractivity (Wildman–Crippen MR) is 156 cm³/mol. The number of nitrogens with zero attached hydrogens (tertiary/aromatic N) is 5. The second-order valence-corrected chi connectivity index (χ2v) is 10.7. The maximum atomic E-state index is 12.3. The fourth-order valence-corrected chi connectivity index (χ4v) is 5.48. The van der Waals surface area contributed by atoms with Gasteiger partial charge in [-0.2, -0.15) is 5.10 Å². The van der Waals surface area contributed by atoms with Gasteiger partial charge in [0.05, 0.1) is 27.8 Å². The second-order valence-electron chi connectivity index (χ2n) is 10.7. The van der Waals surface area contributed by atoms with Crippen molar-refractivity contribution < 1.29 is 4.79 Å². The Hall–Kier alpha value is -4.30. The SMILES string of the molecule is CC(C)c1nn(-c2ccc(C(N)=O)c(NC3CCN(C)CC3)c2)c2nccc(-c3cnc4ccccc4c3)c12. The van der Waals surface area contributed by atoms with Gasteiger partial charge in [-0.15, -0.1) is 0 Å². The van der Waals surface area contributed by atoms with Gasteiger partial charge in [0.25, 0.3) is 5.91 Å². The van der Waals surface area contributed by atoms with Crippen molar-refractivity contribution in [1.82, 2.24) is 24.6 Å². The summed E-state index contributed by atoms with van der Waals surface area (Å²) >= 11 is 0. The summed E-state index contributed by atoms with van der Waals surface area (Å²) in [6.07, 6.45) is 5.76. The highest BCUT2D eigenvalue weighted by molar-refractivity contribution is 6.00. The summed E-state index contributed by atoms with van der Waals surface area (Å²) in [5.74, 6) is -0.277. The Labute approximate surface area is 227 Å². The van der Waals surface area contributed by atoms with Crippen molar-refractivity contribution in [2.45, 2.75) is 38.6 Å². The van der Waals surface area contributed by atoms with Crippen molar-refractivity contribution in [3.05, 3.63) is 78.2 Å². The molecule has 0 bridgehead atoms. The fourth-order valence-electron chi connectivity index (χ4n) is 5.48. The lowest BCUT2D eigenvalue weighted by atomic mass is 9.98. The van der Waals surface area contributed by atoms with Gasteiger partial charge in [-0.05, 0) is 80.9 Å². The molecule has 0 saturated carbocycles. The third kappa shape index (κ3) is 4.72. The number of piperidine rings is 1. The van der Waals surface area contributed by atoms with Crippen molar-refractivity contribution in [1.29, 1.82) is 0 Å². The Bertz CT molecular complexity index is 1680. The average molecular weight is 520 g/mol. The summed E-state index contributed by atoms with van der Waals surface area (Å²) < 4.78 is 1.88. The maximum absolute atomic E-state index is 12.3. The molecule has 0 atom stereocenters. The molecular formula is C31H33N7O. The zero-order valence-electron chi connectivity index (χ0n) is 22.6. The standard InChI is InChI=1S/C31H33N7O/c1-19(2)29-28-24(21-16-20-6-4-5-7-26(20)34-18-21)10-13-33-31(28)38(36-29)23-8-9-25(30(32)39)27(17-23)35-22-11-14-37(3)15-12-22/h4-10,13,16-19,22,35H,11-12,14-15H2,1-3H3,(H2,32,39). The molecule has 1 saturated heterocycles. The van der Waals surface area contributed by atoms with E-state index in [2.05, 4.69) is 43.2 Å². The minimum atomic E-state index is -0.450. The molecule has 4 heterocycles. The van der Waals surface area contributed by atoms with Crippen molar-refractivity contribution in [3.8, 4) is 16.8 Å². The number of carbonyl (C=O) groups is 1. The number of para-hydroxylation sites is 1. The molecule has 8 nitrogen and oxygen atoms in total. The van der Waals surface area contributed by atoms with Gasteiger partial charge in [-0.3, -0.25) is 9.78 Å². The molecule has 3 N–H and O–H groups in total. The van der Waals surface area contributed by atoms with Crippen LogP contribution in [0.3, 0.4) is 0 Å². The molecule has 3 aromatic heterocycles. The van der Waals surface area contributed by atoms with Crippen LogP contribution in [0.25, 0.3) is 38.8 Å². The lowest BCUT2D eigenvalue weighted by Crippen LogP contribution is -2.37. The lowest BCUT2D eigenvalue weighted by Gasteiger charge is -2.30. The topological polar surface area (TPSA) is 102 Å². The molecule has 39 heavy (non-hydrogen) atoms. The summed E-state index contributed by atoms with van der Waals surface area (Å²) in [5, 5.41) is 10.8. The van der Waals surface area contributed by atoms with Crippen LogP contribution in [0, 0.1) is 0 Å². The number of amides is 1. The van der Waals surface area contributed by atoms with E-state index in [4.69, 9.17) is 20.8 Å². The molecule has 2 aromatic carbocycles. The van der Waals surface area contributed by atoms with Gasteiger partial charge >= 0.3 is 0 Å². The van der Waals surface area contributed by atoms with Gasteiger partial charge in [0.15, 0.2) is 5.65 Å². The van der Waals surface area contributed by atoms with Crippen LogP contribution >= 0.6 is 0 Å². The summed E-state index contributed by atoms with van der Waals surface area (Å²) in [4.78, 5) is 24.1. The van der Waals surface area contributed by atoms with E-state index in [9.17, 15) is 4.79 Å². The average Bonchev–Trinajstić information content (AvgIpc) is 3.34. The van der Waals surface area contributed by atoms with Crippen molar-refractivity contribution in [3.63, 3.8) is 0 Å². The third-order valence-electron chi connectivity index (χ3n) is 7.64. The molecule has 1 amide bonds. The monoisotopic (exact) mass is 519 g/mol. The fraction of sp³-hybridized carbons (Fsp3) is 0.290. The molecule has 8 heteroatoms. The summed E-state index contributed by atoms with van der Waals surface area (Å²) in [7, 11) is 2.13. The first-order valence-electron chi connectivity index (χ1n) is 13.5. The Morgan fingerprint density at radius 3 is 2.62 bits per heavy atom. The molecule has 1 aliphatic rings. The Balaban J connectivity index is 1.48. The van der Waals surface area contributed by atoms with Crippen LogP contribution in [-0.2, 0) is 0 Å². The summed E-state index contributed by atoms with van der Waals surface area (Å²) in [5.41, 5.74) is 12.6. The molecule has 6 rings (SSSR count). The molecule has 1 aliphatic heterocycles. The minimum absolute atomic E-state index is 0.173. The number of hydrogen-bond acceptors (Lipinski definition) is 6. The first kappa shape index (κ1) is 25.0. The first-order valence-corrected chi connectivity index (χ1v) is 13.5. The van der Waals surface area contributed by atoms with Crippen LogP contribution in [0.4, 0.5) is 5.69 Å². The van der Waals surface area contributed by atoms with E-state index < -0.39 is 5.91 Å². The van der Waals surface area contributed by atoms with E-state index in [-0.39, 0.29) is 12.0 Å². The first-order chi connectivity index (χ1) is 18.9. The van der Waals surface area contributed by atoms with E-state index in [1.807, 2.05) is 53.5 Å². The number of nitrogens with two attached hydrogens (primary N) is 1. The van der Waals surface area contributed by atoms with E-state index in [1.54, 1.807) is 6.07 Å². The number of hydrogen-bond donors (Lipinski definition) is 2. The molecular weight excluding hydrogens is 486 g/mol. The number of aromatic nitrogens is 4. The quantitative estimate of drug-likeness (QED) is 0.313. The van der Waals surface area contributed by atoms with Crippen LogP contribution in [0.2, 0.25) is 0 Å². The van der Waals surface area contributed by atoms with Gasteiger partial charge in [0, 0.05) is 35.1 Å². The number of likely N-dealkylation sites (tertiary alicyclic amines) is 1. The van der Waals surface area contributed by atoms with E-state index >= 15 is 0 Å². The normalized spacial score (nSPS) is 14.9. The number of fused-ring (bicyclic) bond motifs is 2. The van der Waals surface area contributed by atoms with Gasteiger partial charge in [-0.25, -0.2) is 9.67 Å². The van der Waals surface area contributed by atoms with Gasteiger partial charge in [0.2, 0.25) is 0 Å². The van der Waals surface area contributed by atoms with E-state index in [0.717, 1.165) is 76.1 Å². The van der Waals surface area contributed by atoms with Crippen LogP contribution in [-0.4, -0.2) is 56.7 Å². The highest BCUT2D eigenvalue weighted by Gasteiger charge is 2.22. The Morgan fingerprint density at radius 1 is 1.05 bits per heavy atom. The van der Waals surface area contributed by atoms with Crippen molar-refractivity contribution in [2.75, 3.05) is 25.5 Å². The van der Waals surface area contributed by atoms with Crippen LogP contribution in [0.5, 0.6) is 0 Å². The molecule has 198 valence electrons. The molecule has 1 fully saturated rings. The Morgan fingerprint density at radius 2 is 1.85 bits per heavy atom. The molecule has 0 radical (unpaired) electrons. The van der Waals surface area contributed by atoms with E-state index in [1.165, 1.54) is 0 Å². The largest absolute Gasteiger partial charge is 0.382 e. The highest BCUT2D eigenvalue weighted by atomic mass is 16.1. The minimum Gasteiger partial charge on any atom is -0.382 e. The van der Waals surface area contributed by atoms with Crippen LogP contribution in [0.15, 0.2) is 67.0 Å². The summed E-state index contributed by atoms with van der Waals surface area (Å²) in [6, 6.07) is 18.3. The lowest BCUT2D eigenvalue weighted by molar-refractivity contribution is 0.100. The molecule has 0 unspecified atom stereocenters. The number of nitrogens with one attached hydrogen (secondary N) is 1. The number of anilines is 1. The van der Waals surface area contributed by atoms with Gasteiger partial charge < -0.3 is 16.0 Å². The van der Waals surface area contributed by atoms with Crippen molar-refractivity contribution >= 4 is 33.5 Å². The summed E-state index contributed by atoms with van der Waals surface area (Å²) in [6.45, 7) is 6.32. The third-order valence-corrected chi connectivity index (χ3v) is 7.64. The Kier molecular flexibility index (Phi) is 6.48. The predicted octanol–water partition coefficient (Wildman–Crippen LogP) is 5.36. The maximum Gasteiger partial charge on any atom is 0.250 e. The van der Waals surface area contributed by atoms with Crippen LogP contribution in [0.1, 0.15) is 48.7 Å². The van der Waals surface area contributed by atoms with Crippen LogP contribution < -0.4 is 11.1 Å². The number of rotatable bonds is 6. The number of primary amides is 1.